The molecule has 0 aromatic carbocycles. The molecule has 2 atom stereocenters. The summed E-state index contributed by atoms with van der Waals surface area (Å²) in [5, 5.41) is 6.56. The highest BCUT2D eigenvalue weighted by atomic mass is 16.1. The van der Waals surface area contributed by atoms with E-state index in [0.717, 1.165) is 12.5 Å². The Labute approximate surface area is 98.4 Å². The second-order valence-corrected chi connectivity index (χ2v) is 5.41. The van der Waals surface area contributed by atoms with Gasteiger partial charge in [-0.05, 0) is 31.6 Å². The van der Waals surface area contributed by atoms with Gasteiger partial charge in [-0.1, -0.05) is 19.8 Å². The SMILES string of the molecule is CC1CCCCC1NCCC(=O)NC1CC1. The lowest BCUT2D eigenvalue weighted by Gasteiger charge is -2.29. The van der Waals surface area contributed by atoms with E-state index in [0.29, 0.717) is 18.5 Å². The summed E-state index contributed by atoms with van der Waals surface area (Å²) in [7, 11) is 0. The largest absolute Gasteiger partial charge is 0.353 e. The first-order valence-electron chi connectivity index (χ1n) is 6.78. The topological polar surface area (TPSA) is 41.1 Å². The van der Waals surface area contributed by atoms with Crippen molar-refractivity contribution in [3.8, 4) is 0 Å². The molecular weight excluding hydrogens is 200 g/mol. The zero-order chi connectivity index (χ0) is 11.4. The van der Waals surface area contributed by atoms with Crippen LogP contribution in [0.15, 0.2) is 0 Å². The van der Waals surface area contributed by atoms with Crippen LogP contribution < -0.4 is 10.6 Å². The number of amides is 1. The fraction of sp³-hybridized carbons (Fsp3) is 0.923. The molecular formula is C13H24N2O. The van der Waals surface area contributed by atoms with Gasteiger partial charge in [-0.3, -0.25) is 4.79 Å². The number of hydrogen-bond acceptors (Lipinski definition) is 2. The molecule has 0 saturated heterocycles. The molecule has 2 rings (SSSR count). The van der Waals surface area contributed by atoms with Gasteiger partial charge in [0, 0.05) is 25.0 Å². The molecule has 2 aliphatic rings. The minimum atomic E-state index is 0.221. The van der Waals surface area contributed by atoms with E-state index in [1.807, 2.05) is 0 Å². The maximum atomic E-state index is 11.5. The van der Waals surface area contributed by atoms with Crippen LogP contribution in [-0.4, -0.2) is 24.5 Å². The van der Waals surface area contributed by atoms with Crippen LogP contribution in [0, 0.1) is 5.92 Å². The Balaban J connectivity index is 1.57. The zero-order valence-corrected chi connectivity index (χ0v) is 10.3. The Morgan fingerprint density at radius 3 is 2.62 bits per heavy atom. The van der Waals surface area contributed by atoms with Crippen LogP contribution in [0.1, 0.15) is 51.9 Å². The summed E-state index contributed by atoms with van der Waals surface area (Å²) in [5.41, 5.74) is 0. The second kappa shape index (κ2) is 5.67. The third kappa shape index (κ3) is 3.78. The Kier molecular flexibility index (Phi) is 4.22. The van der Waals surface area contributed by atoms with Crippen molar-refractivity contribution in [3.63, 3.8) is 0 Å². The van der Waals surface area contributed by atoms with Crippen molar-refractivity contribution in [2.75, 3.05) is 6.54 Å². The molecule has 3 heteroatoms. The van der Waals surface area contributed by atoms with Crippen LogP contribution in [0.4, 0.5) is 0 Å². The van der Waals surface area contributed by atoms with Crippen molar-refractivity contribution in [1.29, 1.82) is 0 Å². The number of nitrogens with one attached hydrogen (secondary N) is 2. The number of carbonyl (C=O) groups is 1. The molecule has 2 saturated carbocycles. The fourth-order valence-corrected chi connectivity index (χ4v) is 2.52. The quantitative estimate of drug-likeness (QED) is 0.748. The molecule has 0 radical (unpaired) electrons. The zero-order valence-electron chi connectivity index (χ0n) is 10.3. The molecule has 0 bridgehead atoms. The Morgan fingerprint density at radius 1 is 1.19 bits per heavy atom. The standard InChI is InChI=1S/C13H24N2O/c1-10-4-2-3-5-12(10)14-9-8-13(16)15-11-6-7-11/h10-12,14H,2-9H2,1H3,(H,15,16). The monoisotopic (exact) mass is 224 g/mol. The lowest BCUT2D eigenvalue weighted by Crippen LogP contribution is -2.39. The van der Waals surface area contributed by atoms with Gasteiger partial charge in [0.2, 0.25) is 5.91 Å². The van der Waals surface area contributed by atoms with E-state index < -0.39 is 0 Å². The fourth-order valence-electron chi connectivity index (χ4n) is 2.52. The first kappa shape index (κ1) is 11.9. The third-order valence-electron chi connectivity index (χ3n) is 3.81. The lowest BCUT2D eigenvalue weighted by molar-refractivity contribution is -0.121. The van der Waals surface area contributed by atoms with Crippen LogP contribution in [0.25, 0.3) is 0 Å². The van der Waals surface area contributed by atoms with Gasteiger partial charge in [-0.15, -0.1) is 0 Å². The highest BCUT2D eigenvalue weighted by molar-refractivity contribution is 5.76. The maximum Gasteiger partial charge on any atom is 0.221 e. The average Bonchev–Trinajstić information content (AvgIpc) is 3.05. The summed E-state index contributed by atoms with van der Waals surface area (Å²) < 4.78 is 0. The molecule has 0 aromatic heterocycles. The molecule has 0 aromatic rings. The van der Waals surface area contributed by atoms with E-state index >= 15 is 0 Å². The molecule has 2 fully saturated rings. The summed E-state index contributed by atoms with van der Waals surface area (Å²) in [6.45, 7) is 3.16. The smallest absolute Gasteiger partial charge is 0.221 e. The second-order valence-electron chi connectivity index (χ2n) is 5.41. The molecule has 3 nitrogen and oxygen atoms in total. The molecule has 16 heavy (non-hydrogen) atoms. The maximum absolute atomic E-state index is 11.5. The molecule has 1 amide bonds. The first-order valence-corrected chi connectivity index (χ1v) is 6.78. The van der Waals surface area contributed by atoms with Crippen molar-refractivity contribution in [2.45, 2.75) is 64.0 Å². The van der Waals surface area contributed by atoms with Gasteiger partial charge < -0.3 is 10.6 Å². The number of hydrogen-bond donors (Lipinski definition) is 2. The van der Waals surface area contributed by atoms with Crippen molar-refractivity contribution in [1.82, 2.24) is 10.6 Å². The van der Waals surface area contributed by atoms with Crippen LogP contribution in [0.3, 0.4) is 0 Å². The third-order valence-corrected chi connectivity index (χ3v) is 3.81. The van der Waals surface area contributed by atoms with Crippen molar-refractivity contribution < 1.29 is 4.79 Å². The molecule has 92 valence electrons. The highest BCUT2D eigenvalue weighted by Gasteiger charge is 2.23. The van der Waals surface area contributed by atoms with E-state index in [9.17, 15) is 4.79 Å². The Hall–Kier alpha value is -0.570. The van der Waals surface area contributed by atoms with Gasteiger partial charge in [0.1, 0.15) is 0 Å². The summed E-state index contributed by atoms with van der Waals surface area (Å²) in [4.78, 5) is 11.5. The van der Waals surface area contributed by atoms with Gasteiger partial charge in [-0.25, -0.2) is 0 Å². The van der Waals surface area contributed by atoms with Crippen molar-refractivity contribution in [2.24, 2.45) is 5.92 Å². The minimum absolute atomic E-state index is 0.221. The summed E-state index contributed by atoms with van der Waals surface area (Å²) in [5.74, 6) is 0.999. The predicted molar refractivity (Wildman–Crippen MR) is 65.2 cm³/mol. The molecule has 2 unspecified atom stereocenters. The van der Waals surface area contributed by atoms with Crippen molar-refractivity contribution in [3.05, 3.63) is 0 Å². The number of rotatable bonds is 5. The van der Waals surface area contributed by atoms with E-state index in [-0.39, 0.29) is 5.91 Å². The Bertz CT molecular complexity index is 238. The summed E-state index contributed by atoms with van der Waals surface area (Å²) in [6, 6.07) is 1.14. The molecule has 0 aliphatic heterocycles. The van der Waals surface area contributed by atoms with E-state index in [4.69, 9.17) is 0 Å². The van der Waals surface area contributed by atoms with Gasteiger partial charge in [0.25, 0.3) is 0 Å². The van der Waals surface area contributed by atoms with E-state index in [1.165, 1.54) is 38.5 Å². The van der Waals surface area contributed by atoms with E-state index in [2.05, 4.69) is 17.6 Å². The molecule has 0 heterocycles. The predicted octanol–water partition coefficient (Wildman–Crippen LogP) is 1.82. The average molecular weight is 224 g/mol. The van der Waals surface area contributed by atoms with Gasteiger partial charge in [0.15, 0.2) is 0 Å². The van der Waals surface area contributed by atoms with Gasteiger partial charge in [0.05, 0.1) is 0 Å². The van der Waals surface area contributed by atoms with Crippen LogP contribution in [-0.2, 0) is 4.79 Å². The minimum Gasteiger partial charge on any atom is -0.353 e. The molecule has 2 N–H and O–H groups in total. The molecule has 0 spiro atoms. The summed E-state index contributed by atoms with van der Waals surface area (Å²) in [6.07, 6.45) is 8.34. The van der Waals surface area contributed by atoms with Crippen LogP contribution >= 0.6 is 0 Å². The summed E-state index contributed by atoms with van der Waals surface area (Å²) >= 11 is 0. The van der Waals surface area contributed by atoms with Gasteiger partial charge in [-0.2, -0.15) is 0 Å². The molecule has 2 aliphatic carbocycles. The highest BCUT2D eigenvalue weighted by Crippen LogP contribution is 2.23. The van der Waals surface area contributed by atoms with Crippen molar-refractivity contribution >= 4 is 5.91 Å². The van der Waals surface area contributed by atoms with E-state index in [1.54, 1.807) is 0 Å². The lowest BCUT2D eigenvalue weighted by atomic mass is 9.86. The van der Waals surface area contributed by atoms with Crippen LogP contribution in [0.5, 0.6) is 0 Å². The first-order chi connectivity index (χ1) is 7.75. The van der Waals surface area contributed by atoms with Gasteiger partial charge >= 0.3 is 0 Å². The Morgan fingerprint density at radius 2 is 1.94 bits per heavy atom. The number of carbonyl (C=O) groups excluding carboxylic acids is 1. The normalized spacial score (nSPS) is 30.1. The van der Waals surface area contributed by atoms with Crippen LogP contribution in [0.2, 0.25) is 0 Å².